The molecule has 9 nitrogen and oxygen atoms in total. The normalized spacial score (nSPS) is 18.2. The van der Waals surface area contributed by atoms with Crippen molar-refractivity contribution in [1.29, 1.82) is 0 Å². The Morgan fingerprint density at radius 3 is 2.43 bits per heavy atom. The van der Waals surface area contributed by atoms with Gasteiger partial charge in [0.1, 0.15) is 5.82 Å². The minimum atomic E-state index is -4.14. The molecule has 2 aliphatic rings. The number of likely N-dealkylation sites (N-methyl/N-ethyl adjacent to an activating group) is 1. The molecule has 0 saturated carbocycles. The third-order valence-electron chi connectivity index (χ3n) is 8.19. The predicted molar refractivity (Wildman–Crippen MR) is 161 cm³/mol. The highest BCUT2D eigenvalue weighted by Crippen LogP contribution is 2.43. The molecule has 2 aliphatic heterocycles. The summed E-state index contributed by atoms with van der Waals surface area (Å²) in [5.74, 6) is -2.05. The quantitative estimate of drug-likeness (QED) is 0.332. The van der Waals surface area contributed by atoms with E-state index in [1.165, 1.54) is 24.3 Å². The summed E-state index contributed by atoms with van der Waals surface area (Å²) >= 11 is 6.64. The summed E-state index contributed by atoms with van der Waals surface area (Å²) in [5.41, 5.74) is 4.40. The second-order valence-corrected chi connectivity index (χ2v) is 13.2. The molecule has 3 aromatic rings. The molecule has 0 spiro atoms. The Balaban J connectivity index is 1.86. The standard InChI is InChI=1S/C29H32ClF2N5O4S/c1-4-22(38)35-11-13-36(14-12-35)27-18-15-19(30)23(24-20(31)8-5-9-21(24)33)25(32)26(18)37(16-17-7-6-10-34(17)2)29(39)28(27)42(3,40)41/h4-5,8-9,15,17H,1,6-7,10-14,16,33H2,2-3H3/t17-/m0/s1. The number of sulfone groups is 1. The number of rotatable bonds is 6. The van der Waals surface area contributed by atoms with E-state index in [1.54, 1.807) is 9.80 Å². The predicted octanol–water partition coefficient (Wildman–Crippen LogP) is 3.51. The molecule has 0 unspecified atom stereocenters. The van der Waals surface area contributed by atoms with E-state index in [0.29, 0.717) is 0 Å². The molecule has 13 heteroatoms. The lowest BCUT2D eigenvalue weighted by Crippen LogP contribution is -2.49. The number of fused-ring (bicyclic) bond motifs is 1. The maximum absolute atomic E-state index is 16.9. The molecule has 0 bridgehead atoms. The summed E-state index contributed by atoms with van der Waals surface area (Å²) in [6.45, 7) is 5.10. The monoisotopic (exact) mass is 619 g/mol. The summed E-state index contributed by atoms with van der Waals surface area (Å²) in [6, 6.07) is 5.16. The first-order chi connectivity index (χ1) is 19.8. The number of carbonyl (C=O) groups excluding carboxylic acids is 1. The van der Waals surface area contributed by atoms with Crippen LogP contribution in [0.2, 0.25) is 5.02 Å². The molecule has 1 atom stereocenters. The van der Waals surface area contributed by atoms with Crippen LogP contribution in [0.15, 0.2) is 46.6 Å². The number of amides is 1. The van der Waals surface area contributed by atoms with Crippen LogP contribution in [0.3, 0.4) is 0 Å². The number of piperazine rings is 1. The number of likely N-dealkylation sites (tertiary alicyclic amines) is 1. The number of hydrogen-bond acceptors (Lipinski definition) is 7. The van der Waals surface area contributed by atoms with Crippen molar-refractivity contribution < 1.29 is 22.0 Å². The molecule has 3 heterocycles. The van der Waals surface area contributed by atoms with Gasteiger partial charge in [-0.2, -0.15) is 0 Å². The number of carbonyl (C=O) groups is 1. The van der Waals surface area contributed by atoms with Gasteiger partial charge >= 0.3 is 0 Å². The van der Waals surface area contributed by atoms with Crippen LogP contribution >= 0.6 is 11.6 Å². The Labute approximate surface area is 247 Å². The van der Waals surface area contributed by atoms with Gasteiger partial charge in [0.25, 0.3) is 5.56 Å². The van der Waals surface area contributed by atoms with Crippen LogP contribution in [-0.4, -0.2) is 80.8 Å². The van der Waals surface area contributed by atoms with Crippen molar-refractivity contribution in [2.24, 2.45) is 0 Å². The van der Waals surface area contributed by atoms with E-state index in [1.807, 2.05) is 11.9 Å². The number of nitrogens with two attached hydrogens (primary N) is 1. The Morgan fingerprint density at radius 1 is 1.17 bits per heavy atom. The molecule has 2 saturated heterocycles. The molecule has 2 aromatic carbocycles. The van der Waals surface area contributed by atoms with Gasteiger partial charge < -0.3 is 25.0 Å². The highest BCUT2D eigenvalue weighted by atomic mass is 35.5. The third-order valence-corrected chi connectivity index (χ3v) is 9.59. The summed E-state index contributed by atoms with van der Waals surface area (Å²) in [6.07, 6.45) is 3.72. The average molecular weight is 620 g/mol. The molecule has 5 rings (SSSR count). The number of nitrogen functional groups attached to an aromatic ring is 1. The maximum Gasteiger partial charge on any atom is 0.272 e. The molecular formula is C29H32ClF2N5O4S. The third kappa shape index (κ3) is 5.16. The van der Waals surface area contributed by atoms with Crippen LogP contribution in [0.4, 0.5) is 20.2 Å². The lowest BCUT2D eigenvalue weighted by molar-refractivity contribution is -0.126. The summed E-state index contributed by atoms with van der Waals surface area (Å²) in [5, 5.41) is -0.0958. The second-order valence-electron chi connectivity index (χ2n) is 10.8. The largest absolute Gasteiger partial charge is 0.398 e. The van der Waals surface area contributed by atoms with E-state index >= 15 is 8.78 Å². The Kier molecular flexibility index (Phi) is 8.08. The van der Waals surface area contributed by atoms with E-state index in [0.717, 1.165) is 36.3 Å². The Bertz CT molecular complexity index is 1750. The summed E-state index contributed by atoms with van der Waals surface area (Å²) < 4.78 is 59.6. The highest BCUT2D eigenvalue weighted by molar-refractivity contribution is 7.90. The van der Waals surface area contributed by atoms with Gasteiger partial charge in [0, 0.05) is 67.2 Å². The molecule has 1 amide bonds. The van der Waals surface area contributed by atoms with Crippen molar-refractivity contribution in [3.05, 3.63) is 63.9 Å². The first-order valence-corrected chi connectivity index (χ1v) is 15.8. The zero-order valence-corrected chi connectivity index (χ0v) is 24.9. The van der Waals surface area contributed by atoms with Gasteiger partial charge in [0.2, 0.25) is 5.91 Å². The molecule has 0 radical (unpaired) electrons. The topological polar surface area (TPSA) is 109 Å². The van der Waals surface area contributed by atoms with Gasteiger partial charge in [-0.1, -0.05) is 24.2 Å². The lowest BCUT2D eigenvalue weighted by atomic mass is 9.99. The number of aromatic nitrogens is 1. The van der Waals surface area contributed by atoms with E-state index < -0.39 is 31.9 Å². The van der Waals surface area contributed by atoms with Crippen molar-refractivity contribution in [2.75, 3.05) is 56.7 Å². The number of hydrogen-bond donors (Lipinski definition) is 1. The summed E-state index contributed by atoms with van der Waals surface area (Å²) in [7, 11) is -2.25. The Morgan fingerprint density at radius 2 is 1.86 bits per heavy atom. The zero-order valence-electron chi connectivity index (χ0n) is 23.4. The first kappa shape index (κ1) is 30.0. The minimum Gasteiger partial charge on any atom is -0.398 e. The second kappa shape index (κ2) is 11.3. The fraction of sp³-hybridized carbons (Fsp3) is 0.379. The molecular weight excluding hydrogens is 588 g/mol. The minimum absolute atomic E-state index is 0.00749. The fourth-order valence-electron chi connectivity index (χ4n) is 6.06. The van der Waals surface area contributed by atoms with Crippen molar-refractivity contribution in [3.63, 3.8) is 0 Å². The van der Waals surface area contributed by atoms with Crippen LogP contribution in [-0.2, 0) is 21.2 Å². The van der Waals surface area contributed by atoms with Crippen LogP contribution < -0.4 is 16.2 Å². The van der Waals surface area contributed by atoms with Gasteiger partial charge in [-0.25, -0.2) is 17.2 Å². The average Bonchev–Trinajstić information content (AvgIpc) is 3.34. The van der Waals surface area contributed by atoms with Gasteiger partial charge in [0.05, 0.1) is 16.2 Å². The number of benzene rings is 2. The first-order valence-electron chi connectivity index (χ1n) is 13.5. The summed E-state index contributed by atoms with van der Waals surface area (Å²) in [4.78, 5) is 31.1. The Hall–Kier alpha value is -3.48. The smallest absolute Gasteiger partial charge is 0.272 e. The van der Waals surface area contributed by atoms with Crippen molar-refractivity contribution in [2.45, 2.75) is 30.3 Å². The molecule has 2 fully saturated rings. The molecule has 42 heavy (non-hydrogen) atoms. The SMILES string of the molecule is C=CC(=O)N1CCN(c2c(S(C)(=O)=O)c(=O)n(C[C@@H]3CCCN3C)c3c(F)c(-c4c(N)cccc4F)c(Cl)cc23)CC1. The van der Waals surface area contributed by atoms with Crippen molar-refractivity contribution in [1.82, 2.24) is 14.4 Å². The fourth-order valence-corrected chi connectivity index (χ4v) is 7.36. The molecule has 2 N–H and O–H groups in total. The van der Waals surface area contributed by atoms with E-state index in [2.05, 4.69) is 6.58 Å². The molecule has 224 valence electrons. The number of pyridine rings is 1. The van der Waals surface area contributed by atoms with Gasteiger partial charge in [0.15, 0.2) is 20.5 Å². The van der Waals surface area contributed by atoms with Crippen LogP contribution in [0.5, 0.6) is 0 Å². The van der Waals surface area contributed by atoms with Gasteiger partial charge in [-0.15, -0.1) is 0 Å². The number of halogens is 3. The lowest BCUT2D eigenvalue weighted by Gasteiger charge is -2.37. The van der Waals surface area contributed by atoms with Crippen LogP contribution in [0.25, 0.3) is 22.0 Å². The number of anilines is 2. The number of nitrogens with zero attached hydrogens (tertiary/aromatic N) is 4. The van der Waals surface area contributed by atoms with Crippen LogP contribution in [0.1, 0.15) is 12.8 Å². The maximum atomic E-state index is 16.9. The van der Waals surface area contributed by atoms with Crippen LogP contribution in [0, 0.1) is 11.6 Å². The van der Waals surface area contributed by atoms with E-state index in [9.17, 15) is 18.0 Å². The highest BCUT2D eigenvalue weighted by Gasteiger charge is 2.34. The van der Waals surface area contributed by atoms with Crippen molar-refractivity contribution in [3.8, 4) is 11.1 Å². The molecule has 1 aromatic heterocycles. The van der Waals surface area contributed by atoms with E-state index in [4.69, 9.17) is 17.3 Å². The van der Waals surface area contributed by atoms with Gasteiger partial charge in [-0.3, -0.25) is 9.59 Å². The van der Waals surface area contributed by atoms with Crippen molar-refractivity contribution >= 4 is 49.6 Å². The van der Waals surface area contributed by atoms with Gasteiger partial charge in [-0.05, 0) is 50.7 Å². The van der Waals surface area contributed by atoms with E-state index in [-0.39, 0.29) is 83.1 Å². The molecule has 0 aliphatic carbocycles. The zero-order chi connectivity index (χ0) is 30.5.